The van der Waals surface area contributed by atoms with Crippen molar-refractivity contribution < 1.29 is 8.42 Å². The Bertz CT molecular complexity index is 525. The van der Waals surface area contributed by atoms with Gasteiger partial charge in [-0.2, -0.15) is 0 Å². The van der Waals surface area contributed by atoms with Gasteiger partial charge in [0.15, 0.2) is 0 Å². The Kier molecular flexibility index (Phi) is 4.54. The lowest BCUT2D eigenvalue weighted by molar-refractivity contribution is 0.346. The number of halogens is 2. The second kappa shape index (κ2) is 5.78. The van der Waals surface area contributed by atoms with E-state index in [4.69, 9.17) is 23.2 Å². The molecule has 3 nitrogen and oxygen atoms in total. The third-order valence-corrected chi connectivity index (χ3v) is 5.48. The Morgan fingerprint density at radius 2 is 1.78 bits per heavy atom. The van der Waals surface area contributed by atoms with E-state index in [1.165, 1.54) is 0 Å². The number of hydrogen-bond donors (Lipinski definition) is 0. The van der Waals surface area contributed by atoms with Crippen LogP contribution < -0.4 is 0 Å². The molecule has 0 spiro atoms. The van der Waals surface area contributed by atoms with Crippen molar-refractivity contribution in [3.63, 3.8) is 0 Å². The van der Waals surface area contributed by atoms with Crippen molar-refractivity contribution in [2.24, 2.45) is 0 Å². The van der Waals surface area contributed by atoms with Gasteiger partial charge in [0.25, 0.3) is 0 Å². The van der Waals surface area contributed by atoms with Crippen LogP contribution in [-0.4, -0.2) is 25.8 Å². The summed E-state index contributed by atoms with van der Waals surface area (Å²) in [6, 6.07) is 4.91. The van der Waals surface area contributed by atoms with E-state index >= 15 is 0 Å². The van der Waals surface area contributed by atoms with Gasteiger partial charge in [-0.25, -0.2) is 12.7 Å². The molecule has 1 aliphatic rings. The smallest absolute Gasteiger partial charge is 0.212 e. The molecule has 1 aliphatic heterocycles. The minimum absolute atomic E-state index is 0.0526. The molecule has 1 fully saturated rings. The molecule has 6 heteroatoms. The molecular weight excluding hydrogens is 293 g/mol. The first-order valence-corrected chi connectivity index (χ1v) is 8.27. The summed E-state index contributed by atoms with van der Waals surface area (Å²) in [5.74, 6) is -0.0526. The van der Waals surface area contributed by atoms with Crippen LogP contribution in [0, 0.1) is 0 Å². The molecule has 100 valence electrons. The highest BCUT2D eigenvalue weighted by molar-refractivity contribution is 7.88. The first-order chi connectivity index (χ1) is 8.49. The Labute approximate surface area is 118 Å². The van der Waals surface area contributed by atoms with Crippen LogP contribution in [0.15, 0.2) is 18.2 Å². The van der Waals surface area contributed by atoms with Crippen molar-refractivity contribution in [1.82, 2.24) is 4.31 Å². The monoisotopic (exact) mass is 307 g/mol. The third kappa shape index (κ3) is 3.38. The van der Waals surface area contributed by atoms with Gasteiger partial charge in [-0.05, 0) is 30.5 Å². The number of sulfonamides is 1. The van der Waals surface area contributed by atoms with Crippen LogP contribution in [-0.2, 0) is 15.8 Å². The van der Waals surface area contributed by atoms with Gasteiger partial charge >= 0.3 is 0 Å². The fraction of sp³-hybridized carbons (Fsp3) is 0.500. The molecule has 0 aromatic heterocycles. The fourth-order valence-electron chi connectivity index (χ4n) is 2.07. The lowest BCUT2D eigenvalue weighted by atomic mass is 10.2. The van der Waals surface area contributed by atoms with E-state index in [2.05, 4.69) is 0 Å². The van der Waals surface area contributed by atoms with Gasteiger partial charge in [-0.3, -0.25) is 0 Å². The minimum atomic E-state index is -3.27. The predicted octanol–water partition coefficient (Wildman–Crippen LogP) is 3.31. The summed E-state index contributed by atoms with van der Waals surface area (Å²) in [6.07, 6.45) is 2.98. The maximum Gasteiger partial charge on any atom is 0.218 e. The molecule has 0 atom stereocenters. The van der Waals surface area contributed by atoms with Gasteiger partial charge in [0.05, 0.1) is 5.75 Å². The second-order valence-electron chi connectivity index (χ2n) is 4.45. The standard InChI is InChI=1S/C12H15Cl2NO2S/c13-11-5-4-10(12(14)8-11)9-18(16,17)15-6-2-1-3-7-15/h4-5,8H,1-3,6-7,9H2. The summed E-state index contributed by atoms with van der Waals surface area (Å²) in [4.78, 5) is 0. The average molecular weight is 308 g/mol. The van der Waals surface area contributed by atoms with E-state index < -0.39 is 10.0 Å². The Morgan fingerprint density at radius 3 is 2.39 bits per heavy atom. The summed E-state index contributed by atoms with van der Waals surface area (Å²) in [5, 5.41) is 0.919. The van der Waals surface area contributed by atoms with Gasteiger partial charge in [-0.1, -0.05) is 35.7 Å². The van der Waals surface area contributed by atoms with Crippen molar-refractivity contribution in [2.45, 2.75) is 25.0 Å². The van der Waals surface area contributed by atoms with Crippen LogP contribution in [0.25, 0.3) is 0 Å². The highest BCUT2D eigenvalue weighted by Crippen LogP contribution is 2.24. The van der Waals surface area contributed by atoms with Gasteiger partial charge in [0.2, 0.25) is 10.0 Å². The molecule has 0 bridgehead atoms. The quantitative estimate of drug-likeness (QED) is 0.859. The maximum atomic E-state index is 12.2. The topological polar surface area (TPSA) is 37.4 Å². The molecule has 2 rings (SSSR count). The highest BCUT2D eigenvalue weighted by Gasteiger charge is 2.24. The van der Waals surface area contributed by atoms with Gasteiger partial charge in [-0.15, -0.1) is 0 Å². The zero-order valence-electron chi connectivity index (χ0n) is 9.90. The number of piperidine rings is 1. The third-order valence-electron chi connectivity index (χ3n) is 3.06. The zero-order valence-corrected chi connectivity index (χ0v) is 12.2. The summed E-state index contributed by atoms with van der Waals surface area (Å²) in [6.45, 7) is 1.24. The number of rotatable bonds is 3. The molecule has 0 unspecified atom stereocenters. The first-order valence-electron chi connectivity index (χ1n) is 5.91. The van der Waals surface area contributed by atoms with Crippen molar-refractivity contribution >= 4 is 33.2 Å². The van der Waals surface area contributed by atoms with E-state index in [0.29, 0.717) is 28.7 Å². The van der Waals surface area contributed by atoms with Crippen LogP contribution in [0.5, 0.6) is 0 Å². The number of nitrogens with zero attached hydrogens (tertiary/aromatic N) is 1. The van der Waals surface area contributed by atoms with Crippen molar-refractivity contribution in [2.75, 3.05) is 13.1 Å². The first kappa shape index (κ1) is 14.1. The summed E-state index contributed by atoms with van der Waals surface area (Å²) >= 11 is 11.8. The van der Waals surface area contributed by atoms with E-state index in [0.717, 1.165) is 19.3 Å². The van der Waals surface area contributed by atoms with Crippen molar-refractivity contribution in [3.8, 4) is 0 Å². The maximum absolute atomic E-state index is 12.2. The molecule has 0 N–H and O–H groups in total. The summed E-state index contributed by atoms with van der Waals surface area (Å²) < 4.78 is 26.0. The predicted molar refractivity (Wildman–Crippen MR) is 74.5 cm³/mol. The van der Waals surface area contributed by atoms with Crippen LogP contribution in [0.3, 0.4) is 0 Å². The average Bonchev–Trinajstić information content (AvgIpc) is 2.34. The summed E-state index contributed by atoms with van der Waals surface area (Å²) in [5.41, 5.74) is 0.603. The molecule has 1 aromatic rings. The molecular formula is C12H15Cl2NO2S. The Balaban J connectivity index is 2.16. The number of benzene rings is 1. The molecule has 1 saturated heterocycles. The van der Waals surface area contributed by atoms with Crippen molar-refractivity contribution in [1.29, 1.82) is 0 Å². The molecule has 1 aromatic carbocycles. The van der Waals surface area contributed by atoms with Gasteiger partial charge in [0, 0.05) is 23.1 Å². The molecule has 0 amide bonds. The largest absolute Gasteiger partial charge is 0.218 e. The molecule has 1 heterocycles. The molecule has 0 saturated carbocycles. The second-order valence-corrected chi connectivity index (χ2v) is 7.26. The van der Waals surface area contributed by atoms with Crippen LogP contribution in [0.2, 0.25) is 10.0 Å². The molecule has 0 aliphatic carbocycles. The van der Waals surface area contributed by atoms with E-state index in [-0.39, 0.29) is 5.75 Å². The SMILES string of the molecule is O=S(=O)(Cc1ccc(Cl)cc1Cl)N1CCCCC1. The van der Waals surface area contributed by atoms with Gasteiger partial charge < -0.3 is 0 Å². The normalized spacial score (nSPS) is 17.9. The van der Waals surface area contributed by atoms with Crippen LogP contribution in [0.4, 0.5) is 0 Å². The Morgan fingerprint density at radius 1 is 1.11 bits per heavy atom. The zero-order chi connectivity index (χ0) is 13.2. The molecule has 0 radical (unpaired) electrons. The lowest BCUT2D eigenvalue weighted by Gasteiger charge is -2.26. The highest BCUT2D eigenvalue weighted by atomic mass is 35.5. The van der Waals surface area contributed by atoms with E-state index in [1.54, 1.807) is 22.5 Å². The van der Waals surface area contributed by atoms with Crippen LogP contribution in [0.1, 0.15) is 24.8 Å². The van der Waals surface area contributed by atoms with Crippen molar-refractivity contribution in [3.05, 3.63) is 33.8 Å². The minimum Gasteiger partial charge on any atom is -0.212 e. The van der Waals surface area contributed by atoms with E-state index in [1.807, 2.05) is 0 Å². The fourth-order valence-corrected chi connectivity index (χ4v) is 4.27. The number of hydrogen-bond acceptors (Lipinski definition) is 2. The summed E-state index contributed by atoms with van der Waals surface area (Å²) in [7, 11) is -3.27. The molecule has 18 heavy (non-hydrogen) atoms. The van der Waals surface area contributed by atoms with Gasteiger partial charge in [0.1, 0.15) is 0 Å². The van der Waals surface area contributed by atoms with Crippen LogP contribution >= 0.6 is 23.2 Å². The lowest BCUT2D eigenvalue weighted by Crippen LogP contribution is -2.36. The Hall–Kier alpha value is -0.290. The van der Waals surface area contributed by atoms with E-state index in [9.17, 15) is 8.42 Å².